The summed E-state index contributed by atoms with van der Waals surface area (Å²) >= 11 is 3.61. The first-order valence-electron chi connectivity index (χ1n) is 6.89. The van der Waals surface area contributed by atoms with Crippen LogP contribution in [-0.4, -0.2) is 9.97 Å². The Bertz CT molecular complexity index is 663. The number of nitrogens with one attached hydrogen (secondary N) is 1. The van der Waals surface area contributed by atoms with Gasteiger partial charge in [0.25, 0.3) is 0 Å². The quantitative estimate of drug-likeness (QED) is 0.747. The molecule has 0 aliphatic rings. The molecule has 0 aliphatic heterocycles. The molecule has 0 bridgehead atoms. The van der Waals surface area contributed by atoms with E-state index in [1.54, 1.807) is 11.3 Å². The fourth-order valence-corrected chi connectivity index (χ4v) is 3.78. The standard InChI is InChI=1S/C16H17N3S2/c1-12-17-7-6-13(19-12)11-18-15(16-5-3-9-21-16)10-14-4-2-8-20-14/h2-9,15,18H,10-11H2,1H3. The van der Waals surface area contributed by atoms with Crippen molar-refractivity contribution in [2.45, 2.75) is 25.9 Å². The van der Waals surface area contributed by atoms with E-state index in [4.69, 9.17) is 0 Å². The average Bonchev–Trinajstić information content (AvgIpc) is 3.16. The molecule has 108 valence electrons. The molecule has 0 fully saturated rings. The molecular formula is C16H17N3S2. The summed E-state index contributed by atoms with van der Waals surface area (Å²) in [4.78, 5) is 11.4. The molecule has 21 heavy (non-hydrogen) atoms. The Morgan fingerprint density at radius 1 is 1.14 bits per heavy atom. The van der Waals surface area contributed by atoms with Gasteiger partial charge in [0.15, 0.2) is 0 Å². The number of thiophene rings is 2. The Morgan fingerprint density at radius 3 is 2.71 bits per heavy atom. The Kier molecular flexibility index (Phi) is 4.75. The van der Waals surface area contributed by atoms with E-state index in [9.17, 15) is 0 Å². The number of hydrogen-bond acceptors (Lipinski definition) is 5. The molecule has 0 spiro atoms. The van der Waals surface area contributed by atoms with E-state index in [0.717, 1.165) is 24.5 Å². The van der Waals surface area contributed by atoms with Gasteiger partial charge in [-0.05, 0) is 35.9 Å². The van der Waals surface area contributed by atoms with Gasteiger partial charge in [-0.25, -0.2) is 9.97 Å². The zero-order valence-corrected chi connectivity index (χ0v) is 13.5. The van der Waals surface area contributed by atoms with Gasteiger partial charge in [0.1, 0.15) is 5.82 Å². The molecule has 1 atom stereocenters. The number of nitrogens with zero attached hydrogens (tertiary/aromatic N) is 2. The van der Waals surface area contributed by atoms with Crippen LogP contribution in [0.4, 0.5) is 0 Å². The van der Waals surface area contributed by atoms with Crippen LogP contribution in [0.2, 0.25) is 0 Å². The van der Waals surface area contributed by atoms with Crippen molar-refractivity contribution < 1.29 is 0 Å². The lowest BCUT2D eigenvalue weighted by molar-refractivity contribution is 0.534. The maximum Gasteiger partial charge on any atom is 0.125 e. The van der Waals surface area contributed by atoms with Crippen LogP contribution < -0.4 is 5.32 Å². The highest BCUT2D eigenvalue weighted by Crippen LogP contribution is 2.25. The van der Waals surface area contributed by atoms with Crippen LogP contribution in [0.25, 0.3) is 0 Å². The Morgan fingerprint density at radius 2 is 2.00 bits per heavy atom. The molecule has 3 nitrogen and oxygen atoms in total. The predicted octanol–water partition coefficient (Wildman–Crippen LogP) is 3.98. The zero-order chi connectivity index (χ0) is 14.5. The fourth-order valence-electron chi connectivity index (χ4n) is 2.22. The van der Waals surface area contributed by atoms with E-state index >= 15 is 0 Å². The highest BCUT2D eigenvalue weighted by Gasteiger charge is 2.14. The third-order valence-electron chi connectivity index (χ3n) is 3.24. The van der Waals surface area contributed by atoms with E-state index in [0.29, 0.717) is 6.04 Å². The van der Waals surface area contributed by atoms with E-state index < -0.39 is 0 Å². The SMILES string of the molecule is Cc1nccc(CNC(Cc2cccs2)c2cccs2)n1. The molecule has 3 heterocycles. The molecule has 0 radical (unpaired) electrons. The predicted molar refractivity (Wildman–Crippen MR) is 88.7 cm³/mol. The van der Waals surface area contributed by atoms with Crippen LogP contribution in [0.3, 0.4) is 0 Å². The fraction of sp³-hybridized carbons (Fsp3) is 0.250. The molecule has 0 amide bonds. The second kappa shape index (κ2) is 6.93. The van der Waals surface area contributed by atoms with Gasteiger partial charge in [-0.15, -0.1) is 22.7 Å². The van der Waals surface area contributed by atoms with Crippen LogP contribution in [-0.2, 0) is 13.0 Å². The molecule has 3 rings (SSSR count). The van der Waals surface area contributed by atoms with Gasteiger partial charge in [-0.1, -0.05) is 12.1 Å². The van der Waals surface area contributed by atoms with Gasteiger partial charge in [0, 0.05) is 35.0 Å². The molecule has 3 aromatic heterocycles. The Hall–Kier alpha value is -1.56. The molecule has 1 unspecified atom stereocenters. The third-order valence-corrected chi connectivity index (χ3v) is 5.12. The van der Waals surface area contributed by atoms with Crippen LogP contribution >= 0.6 is 22.7 Å². The molecule has 0 saturated carbocycles. The van der Waals surface area contributed by atoms with Gasteiger partial charge < -0.3 is 5.32 Å². The van der Waals surface area contributed by atoms with E-state index in [1.807, 2.05) is 30.5 Å². The van der Waals surface area contributed by atoms with Gasteiger partial charge in [-0.2, -0.15) is 0 Å². The molecule has 3 aromatic rings. The topological polar surface area (TPSA) is 37.8 Å². The van der Waals surface area contributed by atoms with Crippen LogP contribution in [0, 0.1) is 6.92 Å². The summed E-state index contributed by atoms with van der Waals surface area (Å²) in [6, 6.07) is 10.9. The summed E-state index contributed by atoms with van der Waals surface area (Å²) in [6.07, 6.45) is 2.83. The van der Waals surface area contributed by atoms with Gasteiger partial charge >= 0.3 is 0 Å². The van der Waals surface area contributed by atoms with Crippen LogP contribution in [0.15, 0.2) is 47.3 Å². The number of aryl methyl sites for hydroxylation is 1. The van der Waals surface area contributed by atoms with Gasteiger partial charge in [0.05, 0.1) is 5.69 Å². The van der Waals surface area contributed by atoms with E-state index in [1.165, 1.54) is 9.75 Å². The first-order valence-corrected chi connectivity index (χ1v) is 8.65. The highest BCUT2D eigenvalue weighted by atomic mass is 32.1. The lowest BCUT2D eigenvalue weighted by atomic mass is 10.1. The minimum Gasteiger partial charge on any atom is -0.303 e. The van der Waals surface area contributed by atoms with Crippen molar-refractivity contribution in [3.05, 3.63) is 68.6 Å². The van der Waals surface area contributed by atoms with Crippen molar-refractivity contribution >= 4 is 22.7 Å². The summed E-state index contributed by atoms with van der Waals surface area (Å²) in [5, 5.41) is 7.90. The van der Waals surface area contributed by atoms with E-state index in [-0.39, 0.29) is 0 Å². The maximum atomic E-state index is 4.46. The number of hydrogen-bond donors (Lipinski definition) is 1. The van der Waals surface area contributed by atoms with Crippen molar-refractivity contribution in [2.75, 3.05) is 0 Å². The summed E-state index contributed by atoms with van der Waals surface area (Å²) in [7, 11) is 0. The van der Waals surface area contributed by atoms with Crippen molar-refractivity contribution in [1.82, 2.24) is 15.3 Å². The maximum absolute atomic E-state index is 4.46. The third kappa shape index (κ3) is 3.97. The number of aromatic nitrogens is 2. The molecule has 1 N–H and O–H groups in total. The molecule has 0 aliphatic carbocycles. The smallest absolute Gasteiger partial charge is 0.125 e. The Labute approximate surface area is 132 Å². The molecule has 0 aromatic carbocycles. The van der Waals surface area contributed by atoms with E-state index in [2.05, 4.69) is 50.3 Å². The average molecular weight is 315 g/mol. The lowest BCUT2D eigenvalue weighted by Crippen LogP contribution is -2.22. The van der Waals surface area contributed by atoms with Crippen molar-refractivity contribution in [3.63, 3.8) is 0 Å². The van der Waals surface area contributed by atoms with Gasteiger partial charge in [-0.3, -0.25) is 0 Å². The second-order valence-electron chi connectivity index (χ2n) is 4.83. The molecular weight excluding hydrogens is 298 g/mol. The summed E-state index contributed by atoms with van der Waals surface area (Å²) in [5.74, 6) is 0.820. The minimum absolute atomic E-state index is 0.332. The number of rotatable bonds is 6. The van der Waals surface area contributed by atoms with Crippen molar-refractivity contribution in [1.29, 1.82) is 0 Å². The van der Waals surface area contributed by atoms with Crippen molar-refractivity contribution in [2.24, 2.45) is 0 Å². The highest BCUT2D eigenvalue weighted by molar-refractivity contribution is 7.10. The summed E-state index contributed by atoms with van der Waals surface area (Å²) in [5.41, 5.74) is 1.04. The van der Waals surface area contributed by atoms with Gasteiger partial charge in [0.2, 0.25) is 0 Å². The largest absolute Gasteiger partial charge is 0.303 e. The first-order chi connectivity index (χ1) is 10.3. The molecule has 0 saturated heterocycles. The molecule has 5 heteroatoms. The minimum atomic E-state index is 0.332. The van der Waals surface area contributed by atoms with Crippen LogP contribution in [0.1, 0.15) is 27.3 Å². The lowest BCUT2D eigenvalue weighted by Gasteiger charge is -2.16. The monoisotopic (exact) mass is 315 g/mol. The van der Waals surface area contributed by atoms with Crippen molar-refractivity contribution in [3.8, 4) is 0 Å². The summed E-state index contributed by atoms with van der Waals surface area (Å²) in [6.45, 7) is 2.68. The second-order valence-corrected chi connectivity index (χ2v) is 6.84. The Balaban J connectivity index is 1.70. The zero-order valence-electron chi connectivity index (χ0n) is 11.8. The van der Waals surface area contributed by atoms with Crippen LogP contribution in [0.5, 0.6) is 0 Å². The normalized spacial score (nSPS) is 12.4. The first kappa shape index (κ1) is 14.4. The summed E-state index contributed by atoms with van der Waals surface area (Å²) < 4.78 is 0.